The average Bonchev–Trinajstić information content (AvgIpc) is 2.25. The Morgan fingerprint density at radius 2 is 1.81 bits per heavy atom. The molecule has 0 aliphatic heterocycles. The van der Waals surface area contributed by atoms with Crippen LogP contribution in [0.2, 0.25) is 0 Å². The van der Waals surface area contributed by atoms with Gasteiger partial charge in [0.25, 0.3) is 0 Å². The molecule has 0 saturated carbocycles. The lowest BCUT2D eigenvalue weighted by Crippen LogP contribution is -2.05. The van der Waals surface area contributed by atoms with Crippen LogP contribution in [-0.2, 0) is 6.18 Å². The molecule has 16 heavy (non-hydrogen) atoms. The van der Waals surface area contributed by atoms with Gasteiger partial charge in [-0.3, -0.25) is 0 Å². The van der Waals surface area contributed by atoms with Crippen LogP contribution in [0.3, 0.4) is 0 Å². The number of halogens is 3. The van der Waals surface area contributed by atoms with Crippen molar-refractivity contribution in [3.8, 4) is 5.75 Å². The van der Waals surface area contributed by atoms with Gasteiger partial charge in [-0.05, 0) is 29.8 Å². The van der Waals surface area contributed by atoms with E-state index in [0.717, 1.165) is 17.7 Å². The maximum Gasteiger partial charge on any atom is 0.416 e. The predicted molar refractivity (Wildman–Crippen MR) is 59.9 cm³/mol. The van der Waals surface area contributed by atoms with Crippen molar-refractivity contribution in [3.63, 3.8) is 0 Å². The molecule has 1 aromatic rings. The van der Waals surface area contributed by atoms with Crippen LogP contribution in [-0.4, -0.2) is 12.4 Å². The molecule has 0 aliphatic carbocycles. The summed E-state index contributed by atoms with van der Waals surface area (Å²) >= 11 is 3.99. The molecular formula is C11H11F3OS. The van der Waals surface area contributed by atoms with Crippen LogP contribution in [0.15, 0.2) is 36.4 Å². The Bertz CT molecular complexity index is 356. The van der Waals surface area contributed by atoms with E-state index in [2.05, 4.69) is 19.2 Å². The quantitative estimate of drug-likeness (QED) is 0.633. The monoisotopic (exact) mass is 248 g/mol. The largest absolute Gasteiger partial charge is 0.489 e. The first-order valence-corrected chi connectivity index (χ1v) is 5.14. The number of hydrogen-bond donors (Lipinski definition) is 1. The summed E-state index contributed by atoms with van der Waals surface area (Å²) < 4.78 is 41.9. The van der Waals surface area contributed by atoms with E-state index < -0.39 is 11.7 Å². The topological polar surface area (TPSA) is 9.23 Å². The van der Waals surface area contributed by atoms with Gasteiger partial charge in [-0.2, -0.15) is 25.8 Å². The highest BCUT2D eigenvalue weighted by Gasteiger charge is 2.29. The minimum absolute atomic E-state index is 0.259. The normalized spacial score (nSPS) is 11.2. The van der Waals surface area contributed by atoms with Crippen molar-refractivity contribution < 1.29 is 17.9 Å². The standard InChI is InChI=1S/C11H11F3OS/c1-8(7-16)6-15-10-4-2-9(3-5-10)11(12,13)14/h2-5,16H,1,6-7H2. The summed E-state index contributed by atoms with van der Waals surface area (Å²) in [5.41, 5.74) is 0.0797. The molecule has 1 rings (SSSR count). The Hall–Kier alpha value is -1.10. The van der Waals surface area contributed by atoms with Gasteiger partial charge < -0.3 is 4.74 Å². The first-order chi connectivity index (χ1) is 7.43. The first kappa shape index (κ1) is 13.0. The molecule has 88 valence electrons. The van der Waals surface area contributed by atoms with Crippen LogP contribution < -0.4 is 4.74 Å². The molecule has 0 aromatic heterocycles. The smallest absolute Gasteiger partial charge is 0.416 e. The maximum atomic E-state index is 12.2. The molecule has 1 nitrogen and oxygen atoms in total. The first-order valence-electron chi connectivity index (χ1n) is 4.51. The van der Waals surface area contributed by atoms with Gasteiger partial charge in [0.1, 0.15) is 12.4 Å². The molecule has 0 unspecified atom stereocenters. The maximum absolute atomic E-state index is 12.2. The molecule has 0 aliphatic rings. The third-order valence-corrected chi connectivity index (χ3v) is 2.30. The molecule has 0 saturated heterocycles. The minimum Gasteiger partial charge on any atom is -0.489 e. The summed E-state index contributed by atoms with van der Waals surface area (Å²) in [6, 6.07) is 4.54. The Balaban J connectivity index is 2.62. The molecule has 5 heteroatoms. The highest BCUT2D eigenvalue weighted by molar-refractivity contribution is 7.80. The van der Waals surface area contributed by atoms with Crippen LogP contribution in [0, 0.1) is 0 Å². The van der Waals surface area contributed by atoms with Gasteiger partial charge in [0.15, 0.2) is 0 Å². The molecule has 0 fully saturated rings. The minimum atomic E-state index is -4.31. The van der Waals surface area contributed by atoms with Gasteiger partial charge in [-0.25, -0.2) is 0 Å². The van der Waals surface area contributed by atoms with E-state index >= 15 is 0 Å². The molecule has 0 amide bonds. The lowest BCUT2D eigenvalue weighted by atomic mass is 10.2. The van der Waals surface area contributed by atoms with E-state index in [1.165, 1.54) is 12.1 Å². The molecule has 0 atom stereocenters. The lowest BCUT2D eigenvalue weighted by molar-refractivity contribution is -0.137. The SMILES string of the molecule is C=C(CS)COc1ccc(C(F)(F)F)cc1. The highest BCUT2D eigenvalue weighted by atomic mass is 32.1. The van der Waals surface area contributed by atoms with Crippen molar-refractivity contribution in [2.45, 2.75) is 6.18 Å². The van der Waals surface area contributed by atoms with E-state index in [0.29, 0.717) is 11.5 Å². The summed E-state index contributed by atoms with van der Waals surface area (Å²) in [5, 5.41) is 0. The number of rotatable bonds is 4. The van der Waals surface area contributed by atoms with Crippen LogP contribution in [0.1, 0.15) is 5.56 Å². The Morgan fingerprint density at radius 1 is 1.25 bits per heavy atom. The summed E-state index contributed by atoms with van der Waals surface area (Å²) in [7, 11) is 0. The van der Waals surface area contributed by atoms with Crippen LogP contribution in [0.4, 0.5) is 13.2 Å². The van der Waals surface area contributed by atoms with Crippen LogP contribution >= 0.6 is 12.6 Å². The zero-order valence-electron chi connectivity index (χ0n) is 8.42. The van der Waals surface area contributed by atoms with Crippen molar-refractivity contribution >= 4 is 12.6 Å². The van der Waals surface area contributed by atoms with Gasteiger partial charge in [-0.15, -0.1) is 0 Å². The van der Waals surface area contributed by atoms with E-state index in [1.54, 1.807) is 0 Å². The van der Waals surface area contributed by atoms with Crippen LogP contribution in [0.25, 0.3) is 0 Å². The fraction of sp³-hybridized carbons (Fsp3) is 0.273. The van der Waals surface area contributed by atoms with E-state index in [1.807, 2.05) is 0 Å². The number of alkyl halides is 3. The van der Waals surface area contributed by atoms with Gasteiger partial charge in [-0.1, -0.05) is 6.58 Å². The summed E-state index contributed by atoms with van der Waals surface area (Å²) in [5.74, 6) is 0.872. The second-order valence-corrected chi connectivity index (χ2v) is 3.54. The predicted octanol–water partition coefficient (Wildman–Crippen LogP) is 3.57. The van der Waals surface area contributed by atoms with Crippen molar-refractivity contribution in [3.05, 3.63) is 42.0 Å². The van der Waals surface area contributed by atoms with E-state index in [9.17, 15) is 13.2 Å². The molecule has 1 aromatic carbocycles. The molecule has 0 bridgehead atoms. The van der Waals surface area contributed by atoms with Gasteiger partial charge in [0.2, 0.25) is 0 Å². The fourth-order valence-electron chi connectivity index (χ4n) is 0.971. The molecular weight excluding hydrogens is 237 g/mol. The summed E-state index contributed by atoms with van der Waals surface area (Å²) in [6.07, 6.45) is -4.31. The third-order valence-electron chi connectivity index (χ3n) is 1.85. The van der Waals surface area contributed by atoms with Crippen LogP contribution in [0.5, 0.6) is 5.75 Å². The zero-order chi connectivity index (χ0) is 12.2. The lowest BCUT2D eigenvalue weighted by Gasteiger charge is -2.09. The van der Waals surface area contributed by atoms with Crippen molar-refractivity contribution in [2.24, 2.45) is 0 Å². The molecule has 0 heterocycles. The Labute approximate surface area is 97.3 Å². The third kappa shape index (κ3) is 3.81. The van der Waals surface area contributed by atoms with Gasteiger partial charge >= 0.3 is 6.18 Å². The zero-order valence-corrected chi connectivity index (χ0v) is 9.31. The average molecular weight is 248 g/mol. The summed E-state index contributed by atoms with van der Waals surface area (Å²) in [4.78, 5) is 0. The van der Waals surface area contributed by atoms with Crippen molar-refractivity contribution in [1.29, 1.82) is 0 Å². The van der Waals surface area contributed by atoms with E-state index in [-0.39, 0.29) is 6.61 Å². The van der Waals surface area contributed by atoms with Crippen molar-refractivity contribution in [2.75, 3.05) is 12.4 Å². The fourth-order valence-corrected chi connectivity index (χ4v) is 1.06. The molecule has 0 radical (unpaired) electrons. The Morgan fingerprint density at radius 3 is 2.25 bits per heavy atom. The Kier molecular flexibility index (Phi) is 4.29. The van der Waals surface area contributed by atoms with Gasteiger partial charge in [0, 0.05) is 5.75 Å². The highest BCUT2D eigenvalue weighted by Crippen LogP contribution is 2.30. The summed E-state index contributed by atoms with van der Waals surface area (Å²) in [6.45, 7) is 3.92. The second kappa shape index (κ2) is 5.30. The number of ether oxygens (including phenoxy) is 1. The number of thiol groups is 1. The number of benzene rings is 1. The van der Waals surface area contributed by atoms with E-state index in [4.69, 9.17) is 4.74 Å². The number of hydrogen-bond acceptors (Lipinski definition) is 2. The van der Waals surface area contributed by atoms with Crippen molar-refractivity contribution in [1.82, 2.24) is 0 Å². The van der Waals surface area contributed by atoms with Gasteiger partial charge in [0.05, 0.1) is 5.56 Å². The molecule has 0 spiro atoms. The second-order valence-electron chi connectivity index (χ2n) is 3.22. The molecule has 0 N–H and O–H groups in total.